The lowest BCUT2D eigenvalue weighted by atomic mass is 9.88. The monoisotopic (exact) mass is 358 g/mol. The van der Waals surface area contributed by atoms with Crippen LogP contribution >= 0.6 is 0 Å². The molecule has 0 radical (unpaired) electrons. The summed E-state index contributed by atoms with van der Waals surface area (Å²) in [7, 11) is 0. The predicted molar refractivity (Wildman–Crippen MR) is 122 cm³/mol. The Hall–Kier alpha value is -3.38. The van der Waals surface area contributed by atoms with Gasteiger partial charge in [0.15, 0.2) is 0 Å². The zero-order chi connectivity index (χ0) is 19.1. The fraction of sp³-hybridized carbons (Fsp3) is 0.0714. The van der Waals surface area contributed by atoms with Crippen LogP contribution < -0.4 is 0 Å². The van der Waals surface area contributed by atoms with E-state index in [9.17, 15) is 0 Å². The maximum atomic E-state index is 2.37. The first-order valence-corrected chi connectivity index (χ1v) is 9.80. The quantitative estimate of drug-likeness (QED) is 0.300. The molecule has 0 fully saturated rings. The molecule has 0 saturated heterocycles. The van der Waals surface area contributed by atoms with Gasteiger partial charge in [0.05, 0.1) is 0 Å². The second-order valence-corrected chi connectivity index (χ2v) is 7.52. The Labute approximate surface area is 166 Å². The van der Waals surface area contributed by atoms with Gasteiger partial charge in [-0.3, -0.25) is 0 Å². The van der Waals surface area contributed by atoms with Crippen LogP contribution in [0.2, 0.25) is 0 Å². The van der Waals surface area contributed by atoms with Gasteiger partial charge in [-0.05, 0) is 74.8 Å². The van der Waals surface area contributed by atoms with E-state index in [0.29, 0.717) is 0 Å². The standard InChI is InChI=1S/C28H22/c1-19-17-23(26-15-7-11-21-9-3-5-13-24(21)26)18-28(20(19)2)27-16-8-12-22-10-4-6-14-25(22)27/h3-18H,1-2H3. The van der Waals surface area contributed by atoms with E-state index in [1.807, 2.05) is 0 Å². The molecule has 0 spiro atoms. The second kappa shape index (κ2) is 6.65. The predicted octanol–water partition coefficient (Wildman–Crippen LogP) is 7.94. The number of fused-ring (bicyclic) bond motifs is 2. The molecule has 0 bridgehead atoms. The average molecular weight is 358 g/mol. The Morgan fingerprint density at radius 3 is 1.68 bits per heavy atom. The molecular formula is C28H22. The fourth-order valence-electron chi connectivity index (χ4n) is 4.23. The molecule has 134 valence electrons. The van der Waals surface area contributed by atoms with Crippen molar-refractivity contribution in [2.24, 2.45) is 0 Å². The first-order chi connectivity index (χ1) is 13.7. The number of hydrogen-bond acceptors (Lipinski definition) is 0. The van der Waals surface area contributed by atoms with Gasteiger partial charge in [-0.15, -0.1) is 0 Å². The maximum Gasteiger partial charge on any atom is -0.0102 e. The molecule has 0 atom stereocenters. The van der Waals surface area contributed by atoms with Gasteiger partial charge in [-0.1, -0.05) is 91.0 Å². The molecule has 0 aliphatic heterocycles. The molecule has 28 heavy (non-hydrogen) atoms. The summed E-state index contributed by atoms with van der Waals surface area (Å²) < 4.78 is 0. The topological polar surface area (TPSA) is 0 Å². The summed E-state index contributed by atoms with van der Waals surface area (Å²) in [4.78, 5) is 0. The van der Waals surface area contributed by atoms with Gasteiger partial charge in [-0.2, -0.15) is 0 Å². The van der Waals surface area contributed by atoms with Crippen molar-refractivity contribution >= 4 is 21.5 Å². The van der Waals surface area contributed by atoms with E-state index in [-0.39, 0.29) is 0 Å². The Bertz CT molecular complexity index is 1310. The number of rotatable bonds is 2. The third kappa shape index (κ3) is 2.70. The zero-order valence-corrected chi connectivity index (χ0v) is 16.2. The van der Waals surface area contributed by atoms with Crippen molar-refractivity contribution in [3.05, 3.63) is 108 Å². The Balaban J connectivity index is 1.80. The van der Waals surface area contributed by atoms with E-state index >= 15 is 0 Å². The van der Waals surface area contributed by atoms with Crippen LogP contribution in [0.4, 0.5) is 0 Å². The van der Waals surface area contributed by atoms with Crippen molar-refractivity contribution in [3.63, 3.8) is 0 Å². The molecule has 0 nitrogen and oxygen atoms in total. The lowest BCUT2D eigenvalue weighted by Gasteiger charge is -2.16. The van der Waals surface area contributed by atoms with Gasteiger partial charge in [-0.25, -0.2) is 0 Å². The van der Waals surface area contributed by atoms with Gasteiger partial charge < -0.3 is 0 Å². The zero-order valence-electron chi connectivity index (χ0n) is 16.2. The lowest BCUT2D eigenvalue weighted by Crippen LogP contribution is -1.92. The third-order valence-electron chi connectivity index (χ3n) is 5.85. The molecule has 0 N–H and O–H groups in total. The molecule has 0 aromatic heterocycles. The van der Waals surface area contributed by atoms with Crippen molar-refractivity contribution in [2.45, 2.75) is 13.8 Å². The summed E-state index contributed by atoms with van der Waals surface area (Å²) in [5, 5.41) is 5.18. The van der Waals surface area contributed by atoms with E-state index < -0.39 is 0 Å². The van der Waals surface area contributed by atoms with Crippen molar-refractivity contribution < 1.29 is 0 Å². The molecule has 0 unspecified atom stereocenters. The summed E-state index contributed by atoms with van der Waals surface area (Å²) in [6, 6.07) is 35.2. The normalized spacial score (nSPS) is 11.2. The van der Waals surface area contributed by atoms with E-state index in [0.717, 1.165) is 0 Å². The highest BCUT2D eigenvalue weighted by atomic mass is 14.2. The van der Waals surface area contributed by atoms with E-state index in [1.165, 1.54) is 54.9 Å². The molecule has 5 aromatic carbocycles. The Morgan fingerprint density at radius 2 is 1.00 bits per heavy atom. The van der Waals surface area contributed by atoms with E-state index in [2.05, 4.69) is 111 Å². The molecule has 0 amide bonds. The molecule has 0 aliphatic rings. The van der Waals surface area contributed by atoms with Crippen LogP contribution in [0, 0.1) is 13.8 Å². The van der Waals surface area contributed by atoms with E-state index in [4.69, 9.17) is 0 Å². The van der Waals surface area contributed by atoms with Gasteiger partial charge in [0, 0.05) is 0 Å². The van der Waals surface area contributed by atoms with Crippen molar-refractivity contribution in [1.82, 2.24) is 0 Å². The average Bonchev–Trinajstić information content (AvgIpc) is 2.75. The van der Waals surface area contributed by atoms with Gasteiger partial charge in [0.2, 0.25) is 0 Å². The molecule has 0 saturated carbocycles. The minimum Gasteiger partial charge on any atom is -0.0616 e. The Kier molecular flexibility index (Phi) is 3.98. The third-order valence-corrected chi connectivity index (χ3v) is 5.85. The number of benzene rings is 5. The first kappa shape index (κ1) is 16.8. The molecule has 0 heterocycles. The summed E-state index contributed by atoms with van der Waals surface area (Å²) in [5.41, 5.74) is 7.87. The highest BCUT2D eigenvalue weighted by Crippen LogP contribution is 2.37. The second-order valence-electron chi connectivity index (χ2n) is 7.52. The van der Waals surface area contributed by atoms with Crippen LogP contribution in [0.1, 0.15) is 11.1 Å². The van der Waals surface area contributed by atoms with Crippen molar-refractivity contribution in [1.29, 1.82) is 0 Å². The van der Waals surface area contributed by atoms with Crippen molar-refractivity contribution in [2.75, 3.05) is 0 Å². The summed E-state index contributed by atoms with van der Waals surface area (Å²) >= 11 is 0. The van der Waals surface area contributed by atoms with Crippen LogP contribution in [0.3, 0.4) is 0 Å². The summed E-state index contributed by atoms with van der Waals surface area (Å²) in [6.45, 7) is 4.46. The Morgan fingerprint density at radius 1 is 0.464 bits per heavy atom. The van der Waals surface area contributed by atoms with Crippen molar-refractivity contribution in [3.8, 4) is 22.3 Å². The van der Waals surface area contributed by atoms with Crippen LogP contribution in [-0.4, -0.2) is 0 Å². The fourth-order valence-corrected chi connectivity index (χ4v) is 4.23. The maximum absolute atomic E-state index is 2.37. The van der Waals surface area contributed by atoms with Gasteiger partial charge >= 0.3 is 0 Å². The molecular weight excluding hydrogens is 336 g/mol. The highest BCUT2D eigenvalue weighted by Gasteiger charge is 2.12. The minimum atomic E-state index is 1.28. The molecule has 5 aromatic rings. The van der Waals surface area contributed by atoms with Crippen LogP contribution in [0.5, 0.6) is 0 Å². The van der Waals surface area contributed by atoms with Crippen LogP contribution in [0.15, 0.2) is 97.1 Å². The lowest BCUT2D eigenvalue weighted by molar-refractivity contribution is 1.34. The highest BCUT2D eigenvalue weighted by molar-refractivity contribution is 6.00. The first-order valence-electron chi connectivity index (χ1n) is 9.80. The van der Waals surface area contributed by atoms with Crippen LogP contribution in [0.25, 0.3) is 43.8 Å². The number of hydrogen-bond donors (Lipinski definition) is 0. The largest absolute Gasteiger partial charge is 0.0616 e. The molecule has 5 rings (SSSR count). The van der Waals surface area contributed by atoms with Crippen LogP contribution in [-0.2, 0) is 0 Å². The molecule has 0 aliphatic carbocycles. The summed E-state index contributed by atoms with van der Waals surface area (Å²) in [5.74, 6) is 0. The molecule has 0 heteroatoms. The van der Waals surface area contributed by atoms with Gasteiger partial charge in [0.1, 0.15) is 0 Å². The number of aryl methyl sites for hydroxylation is 1. The van der Waals surface area contributed by atoms with E-state index in [1.54, 1.807) is 0 Å². The van der Waals surface area contributed by atoms with Gasteiger partial charge in [0.25, 0.3) is 0 Å². The SMILES string of the molecule is Cc1cc(-c2cccc3ccccc23)cc(-c2cccc3ccccc23)c1C. The minimum absolute atomic E-state index is 1.28. The smallest absolute Gasteiger partial charge is 0.0102 e. The summed E-state index contributed by atoms with van der Waals surface area (Å²) in [6.07, 6.45) is 0.